The quantitative estimate of drug-likeness (QED) is 0.364. The highest BCUT2D eigenvalue weighted by molar-refractivity contribution is 5.56. The Morgan fingerprint density at radius 2 is 2.23 bits per heavy atom. The lowest BCUT2D eigenvalue weighted by atomic mass is 10.0. The molecule has 0 heterocycles. The minimum atomic E-state index is 0.908. The monoisotopic (exact) mass is 174 g/mol. The van der Waals surface area contributed by atoms with Crippen molar-refractivity contribution in [1.29, 1.82) is 0 Å². The van der Waals surface area contributed by atoms with E-state index in [-0.39, 0.29) is 0 Å². The summed E-state index contributed by atoms with van der Waals surface area (Å²) in [6.07, 6.45) is 10.6. The first-order valence-electron chi connectivity index (χ1n) is 4.76. The molecule has 0 saturated heterocycles. The van der Waals surface area contributed by atoms with Gasteiger partial charge in [-0.05, 0) is 30.2 Å². The summed E-state index contributed by atoms with van der Waals surface area (Å²) in [6, 6.07) is 0. The van der Waals surface area contributed by atoms with Crippen LogP contribution >= 0.6 is 0 Å². The molecule has 1 nitrogen and oxygen atoms in total. The van der Waals surface area contributed by atoms with E-state index in [1.165, 1.54) is 24.8 Å². The third-order valence-electron chi connectivity index (χ3n) is 2.14. The lowest BCUT2D eigenvalue weighted by molar-refractivity contribution is 0.569. The van der Waals surface area contributed by atoms with Crippen LogP contribution in [-0.4, -0.2) is 5.94 Å². The number of unbranched alkanes of at least 4 members (excludes halogenated alkanes) is 2. The Balaban J connectivity index is 2.53. The summed E-state index contributed by atoms with van der Waals surface area (Å²) in [5.74, 6) is 1.70. The van der Waals surface area contributed by atoms with Gasteiger partial charge in [-0.1, -0.05) is 31.9 Å². The fourth-order valence-corrected chi connectivity index (χ4v) is 1.42. The molecule has 0 amide bonds. The van der Waals surface area contributed by atoms with Gasteiger partial charge in [0.05, 0.1) is 0 Å². The maximum atomic E-state index is 10.1. The first-order valence-corrected chi connectivity index (χ1v) is 4.76. The molecule has 1 aliphatic carbocycles. The Kier molecular flexibility index (Phi) is 4.05. The number of hydrogen-bond donors (Lipinski definition) is 0. The molecule has 0 saturated carbocycles. The average Bonchev–Trinajstić information content (AvgIpc) is 2.54. The standard InChI is InChI=1S/C12H14O/c1-2-3-4-6-11-7-5-8-12(11)9-10-13/h5,7-8H,2-4,6H2,1H3. The molecule has 1 rings (SSSR count). The predicted molar refractivity (Wildman–Crippen MR) is 54.1 cm³/mol. The van der Waals surface area contributed by atoms with Crippen LogP contribution in [0.5, 0.6) is 0 Å². The number of rotatable bonds is 4. The average molecular weight is 174 g/mol. The van der Waals surface area contributed by atoms with Gasteiger partial charge in [0.25, 0.3) is 0 Å². The molecule has 13 heavy (non-hydrogen) atoms. The molecule has 0 radical (unpaired) electrons. The Hall–Kier alpha value is -1.29. The van der Waals surface area contributed by atoms with Gasteiger partial charge in [0.1, 0.15) is 0 Å². The van der Waals surface area contributed by atoms with Crippen molar-refractivity contribution >= 4 is 5.94 Å². The van der Waals surface area contributed by atoms with Crippen LogP contribution in [0.15, 0.2) is 35.1 Å². The maximum Gasteiger partial charge on any atom is 0.177 e. The number of allylic oxidation sites excluding steroid dienone is 5. The molecule has 0 aromatic carbocycles. The van der Waals surface area contributed by atoms with Crippen LogP contribution in [0.2, 0.25) is 0 Å². The zero-order chi connectivity index (χ0) is 9.52. The van der Waals surface area contributed by atoms with Crippen molar-refractivity contribution in [2.24, 2.45) is 0 Å². The summed E-state index contributed by atoms with van der Waals surface area (Å²) < 4.78 is 0. The van der Waals surface area contributed by atoms with Gasteiger partial charge in [-0.25, -0.2) is 4.79 Å². The van der Waals surface area contributed by atoms with Crippen molar-refractivity contribution in [2.75, 3.05) is 0 Å². The van der Waals surface area contributed by atoms with E-state index in [9.17, 15) is 4.79 Å². The molecule has 0 fully saturated rings. The zero-order valence-corrected chi connectivity index (χ0v) is 7.97. The van der Waals surface area contributed by atoms with Gasteiger partial charge < -0.3 is 0 Å². The third-order valence-corrected chi connectivity index (χ3v) is 2.14. The molecule has 0 bridgehead atoms. The molecule has 0 aliphatic heterocycles. The van der Waals surface area contributed by atoms with E-state index >= 15 is 0 Å². The van der Waals surface area contributed by atoms with E-state index in [1.807, 2.05) is 12.2 Å². The molecule has 1 aliphatic rings. The number of hydrogen-bond acceptors (Lipinski definition) is 1. The normalized spacial score (nSPS) is 13.9. The summed E-state index contributed by atoms with van der Waals surface area (Å²) in [4.78, 5) is 10.1. The SMILES string of the molecule is CCCCCC1=CC=CC1=C=C=O. The smallest absolute Gasteiger partial charge is 0.177 e. The molecule has 0 spiro atoms. The van der Waals surface area contributed by atoms with Crippen molar-refractivity contribution in [1.82, 2.24) is 0 Å². The van der Waals surface area contributed by atoms with Gasteiger partial charge in [0.2, 0.25) is 0 Å². The van der Waals surface area contributed by atoms with Crippen LogP contribution in [0.4, 0.5) is 0 Å². The molecular weight excluding hydrogens is 160 g/mol. The summed E-state index contributed by atoms with van der Waals surface area (Å²) in [5, 5.41) is 0. The summed E-state index contributed by atoms with van der Waals surface area (Å²) in [5.41, 5.74) is 4.71. The van der Waals surface area contributed by atoms with Crippen molar-refractivity contribution < 1.29 is 4.79 Å². The van der Waals surface area contributed by atoms with Crippen LogP contribution in [0, 0.1) is 0 Å². The minimum Gasteiger partial charge on any atom is -0.224 e. The van der Waals surface area contributed by atoms with E-state index in [0.717, 1.165) is 12.0 Å². The van der Waals surface area contributed by atoms with Crippen molar-refractivity contribution in [3.05, 3.63) is 35.1 Å². The Morgan fingerprint density at radius 3 is 2.92 bits per heavy atom. The predicted octanol–water partition coefficient (Wildman–Crippen LogP) is 2.98. The van der Waals surface area contributed by atoms with Gasteiger partial charge in [-0.15, -0.1) is 0 Å². The molecule has 0 aromatic rings. The van der Waals surface area contributed by atoms with E-state index in [1.54, 1.807) is 5.94 Å². The third kappa shape index (κ3) is 2.91. The fraction of sp³-hybridized carbons (Fsp3) is 0.417. The molecular formula is C12H14O. The first-order chi connectivity index (χ1) is 6.38. The minimum absolute atomic E-state index is 0.908. The molecule has 0 unspecified atom stereocenters. The largest absolute Gasteiger partial charge is 0.224 e. The highest BCUT2D eigenvalue weighted by Gasteiger charge is 2.04. The zero-order valence-electron chi connectivity index (χ0n) is 7.97. The van der Waals surface area contributed by atoms with Gasteiger partial charge in [0.15, 0.2) is 5.94 Å². The Morgan fingerprint density at radius 1 is 1.38 bits per heavy atom. The van der Waals surface area contributed by atoms with E-state index in [0.29, 0.717) is 0 Å². The lowest BCUT2D eigenvalue weighted by Crippen LogP contribution is -1.83. The van der Waals surface area contributed by atoms with Crippen LogP contribution in [-0.2, 0) is 4.79 Å². The molecule has 68 valence electrons. The molecule has 1 heteroatoms. The van der Waals surface area contributed by atoms with Crippen LogP contribution < -0.4 is 0 Å². The summed E-state index contributed by atoms with van der Waals surface area (Å²) in [7, 11) is 0. The molecule has 0 atom stereocenters. The lowest BCUT2D eigenvalue weighted by Gasteiger charge is -2.00. The number of carbonyl (C=O) groups excluding carboxylic acids is 1. The maximum absolute atomic E-state index is 10.1. The van der Waals surface area contributed by atoms with Crippen LogP contribution in [0.1, 0.15) is 32.6 Å². The Bertz CT molecular complexity index is 308. The van der Waals surface area contributed by atoms with E-state index in [2.05, 4.69) is 18.7 Å². The summed E-state index contributed by atoms with van der Waals surface area (Å²) in [6.45, 7) is 2.18. The second kappa shape index (κ2) is 5.37. The van der Waals surface area contributed by atoms with Crippen LogP contribution in [0.3, 0.4) is 0 Å². The van der Waals surface area contributed by atoms with Gasteiger partial charge in [0, 0.05) is 5.57 Å². The fourth-order valence-electron chi connectivity index (χ4n) is 1.42. The highest BCUT2D eigenvalue weighted by atomic mass is 16.1. The highest BCUT2D eigenvalue weighted by Crippen LogP contribution is 2.22. The second-order valence-corrected chi connectivity index (χ2v) is 3.15. The van der Waals surface area contributed by atoms with Crippen molar-refractivity contribution in [3.8, 4) is 0 Å². The van der Waals surface area contributed by atoms with E-state index < -0.39 is 0 Å². The van der Waals surface area contributed by atoms with Crippen molar-refractivity contribution in [3.63, 3.8) is 0 Å². The van der Waals surface area contributed by atoms with Crippen LogP contribution in [0.25, 0.3) is 0 Å². The van der Waals surface area contributed by atoms with E-state index in [4.69, 9.17) is 0 Å². The first kappa shape index (κ1) is 9.80. The molecule has 0 N–H and O–H groups in total. The van der Waals surface area contributed by atoms with Crippen molar-refractivity contribution in [2.45, 2.75) is 32.6 Å². The van der Waals surface area contributed by atoms with Gasteiger partial charge in [-0.2, -0.15) is 0 Å². The molecule has 0 aromatic heterocycles. The second-order valence-electron chi connectivity index (χ2n) is 3.15. The topological polar surface area (TPSA) is 17.1 Å². The Labute approximate surface area is 79.2 Å². The summed E-state index contributed by atoms with van der Waals surface area (Å²) >= 11 is 0. The van der Waals surface area contributed by atoms with Gasteiger partial charge >= 0.3 is 0 Å². The van der Waals surface area contributed by atoms with Gasteiger partial charge in [-0.3, -0.25) is 0 Å².